The highest BCUT2D eigenvalue weighted by Gasteiger charge is 2.17. The van der Waals surface area contributed by atoms with Crippen LogP contribution in [0.5, 0.6) is 0 Å². The van der Waals surface area contributed by atoms with Gasteiger partial charge in [-0.05, 0) is 36.3 Å². The molecule has 33 heavy (non-hydrogen) atoms. The van der Waals surface area contributed by atoms with E-state index in [1.807, 2.05) is 18.3 Å². The molecule has 0 aliphatic carbocycles. The standard InChI is InChI=1S/C26H46N5O2/c1-4-5-6-7-8-9-11-21(14-13-20(2)3)15-16-23(31-24-12-10-17-29-24)22(18-25(32)33)19-30-26(27)28/h10,12,17-18,20-21,23,29H,4-9,11,13-16,19H2,1-3H3,(H,32,33)(H4,27,28,30)/q-1/b22-18+/t21-,23-/m1/s1. The number of aromatic nitrogens is 1. The molecule has 0 unspecified atom stereocenters. The first-order valence-electron chi connectivity index (χ1n) is 12.6. The van der Waals surface area contributed by atoms with Crippen molar-refractivity contribution in [2.75, 3.05) is 6.54 Å². The number of carbonyl (C=O) groups is 1. The fraction of sp³-hybridized carbons (Fsp3) is 0.692. The molecule has 0 amide bonds. The van der Waals surface area contributed by atoms with Crippen LogP contribution >= 0.6 is 0 Å². The van der Waals surface area contributed by atoms with E-state index in [1.54, 1.807) is 0 Å². The summed E-state index contributed by atoms with van der Waals surface area (Å²) in [6, 6.07) is 3.49. The van der Waals surface area contributed by atoms with Crippen molar-refractivity contribution in [1.29, 1.82) is 0 Å². The molecule has 0 aliphatic rings. The van der Waals surface area contributed by atoms with Crippen molar-refractivity contribution in [3.63, 3.8) is 0 Å². The van der Waals surface area contributed by atoms with Crippen molar-refractivity contribution in [2.45, 2.75) is 97.4 Å². The molecule has 0 bridgehead atoms. The molecule has 0 aliphatic heterocycles. The minimum absolute atomic E-state index is 0.0530. The Labute approximate surface area is 200 Å². The lowest BCUT2D eigenvalue weighted by atomic mass is 9.87. The Morgan fingerprint density at radius 3 is 2.39 bits per heavy atom. The number of guanidine groups is 1. The minimum atomic E-state index is -1.01. The van der Waals surface area contributed by atoms with Crippen molar-refractivity contribution in [2.24, 2.45) is 28.3 Å². The predicted octanol–water partition coefficient (Wildman–Crippen LogP) is 6.26. The molecule has 1 aromatic heterocycles. The summed E-state index contributed by atoms with van der Waals surface area (Å²) >= 11 is 0. The van der Waals surface area contributed by atoms with Crippen molar-refractivity contribution in [1.82, 2.24) is 4.98 Å². The van der Waals surface area contributed by atoms with E-state index in [0.29, 0.717) is 17.4 Å². The number of nitrogens with one attached hydrogen (secondary N) is 1. The largest absolute Gasteiger partial charge is 0.478 e. The summed E-state index contributed by atoms with van der Waals surface area (Å²) in [5, 5.41) is 14.2. The first kappa shape index (κ1) is 28.6. The fourth-order valence-electron chi connectivity index (χ4n) is 4.10. The number of hydrogen-bond acceptors (Lipinski definition) is 2. The summed E-state index contributed by atoms with van der Waals surface area (Å²) < 4.78 is 0. The summed E-state index contributed by atoms with van der Waals surface area (Å²) in [5.41, 5.74) is 11.6. The van der Waals surface area contributed by atoms with Gasteiger partial charge in [-0.25, -0.2) is 9.79 Å². The molecule has 0 saturated carbocycles. The van der Waals surface area contributed by atoms with Gasteiger partial charge in [0.1, 0.15) is 0 Å². The van der Waals surface area contributed by atoms with Crippen molar-refractivity contribution >= 4 is 17.7 Å². The number of aliphatic imine (C=N–C) groups is 1. The van der Waals surface area contributed by atoms with E-state index in [-0.39, 0.29) is 18.5 Å². The van der Waals surface area contributed by atoms with Crippen LogP contribution in [0.15, 0.2) is 35.0 Å². The molecule has 1 aromatic rings. The van der Waals surface area contributed by atoms with Gasteiger partial charge in [0.15, 0.2) is 5.96 Å². The number of carboxylic acid groups (broad SMARTS) is 1. The van der Waals surface area contributed by atoms with Gasteiger partial charge in [0.25, 0.3) is 0 Å². The first-order chi connectivity index (χ1) is 15.8. The van der Waals surface area contributed by atoms with Crippen molar-refractivity contribution in [3.05, 3.63) is 35.3 Å². The SMILES string of the molecule is CCCCCCCC[C@H](CCC(C)C)CC[C@@H]([N-]c1ccc[nH]1)/C(=C/C(=O)O)CN=C(N)N. The first-order valence-corrected chi connectivity index (χ1v) is 12.6. The minimum Gasteiger partial charge on any atom is -0.478 e. The number of carboxylic acids is 1. The lowest BCUT2D eigenvalue weighted by molar-refractivity contribution is -0.131. The maximum absolute atomic E-state index is 11.5. The smallest absolute Gasteiger partial charge is 0.328 e. The molecule has 1 heterocycles. The van der Waals surface area contributed by atoms with Crippen molar-refractivity contribution in [3.8, 4) is 0 Å². The van der Waals surface area contributed by atoms with Gasteiger partial charge in [-0.2, -0.15) is 0 Å². The average molecular weight is 461 g/mol. The lowest BCUT2D eigenvalue weighted by Crippen LogP contribution is -2.24. The summed E-state index contributed by atoms with van der Waals surface area (Å²) in [6.07, 6.45) is 16.3. The van der Waals surface area contributed by atoms with Gasteiger partial charge in [0.05, 0.1) is 6.54 Å². The molecule has 188 valence electrons. The number of nitrogens with two attached hydrogens (primary N) is 2. The van der Waals surface area contributed by atoms with Gasteiger partial charge >= 0.3 is 5.97 Å². The monoisotopic (exact) mass is 460 g/mol. The summed E-state index contributed by atoms with van der Waals surface area (Å²) in [6.45, 7) is 6.93. The third kappa shape index (κ3) is 14.3. The number of rotatable bonds is 19. The third-order valence-electron chi connectivity index (χ3n) is 6.02. The Morgan fingerprint density at radius 2 is 1.79 bits per heavy atom. The van der Waals surface area contributed by atoms with Crippen LogP contribution in [0, 0.1) is 11.8 Å². The van der Waals surface area contributed by atoms with Crippen LogP contribution in [0.1, 0.15) is 91.4 Å². The highest BCUT2D eigenvalue weighted by atomic mass is 16.4. The Balaban J connectivity index is 2.86. The zero-order valence-corrected chi connectivity index (χ0v) is 20.9. The molecule has 0 spiro atoms. The van der Waals surface area contributed by atoms with Gasteiger partial charge in [0, 0.05) is 6.08 Å². The van der Waals surface area contributed by atoms with E-state index in [4.69, 9.17) is 16.8 Å². The third-order valence-corrected chi connectivity index (χ3v) is 6.02. The van der Waals surface area contributed by atoms with Crippen LogP contribution in [0.25, 0.3) is 5.32 Å². The van der Waals surface area contributed by atoms with Crippen LogP contribution in [0.2, 0.25) is 0 Å². The van der Waals surface area contributed by atoms with E-state index in [9.17, 15) is 9.90 Å². The Kier molecular flexibility index (Phi) is 14.8. The average Bonchev–Trinajstić information content (AvgIpc) is 3.26. The molecular weight excluding hydrogens is 414 g/mol. The lowest BCUT2D eigenvalue weighted by Gasteiger charge is -2.29. The molecule has 6 N–H and O–H groups in total. The Hall–Kier alpha value is -2.44. The van der Waals surface area contributed by atoms with Crippen molar-refractivity contribution < 1.29 is 9.90 Å². The maximum Gasteiger partial charge on any atom is 0.328 e. The van der Waals surface area contributed by atoms with E-state index in [1.165, 1.54) is 63.9 Å². The second-order valence-corrected chi connectivity index (χ2v) is 9.47. The molecule has 0 fully saturated rings. The quantitative estimate of drug-likeness (QED) is 0.0839. The van der Waals surface area contributed by atoms with Gasteiger partial charge in [-0.1, -0.05) is 103 Å². The van der Waals surface area contributed by atoms with Crippen LogP contribution in [-0.2, 0) is 4.79 Å². The molecule has 0 aromatic carbocycles. The normalized spacial score (nSPS) is 13.6. The topological polar surface area (TPSA) is 132 Å². The number of H-pyrrole nitrogens is 1. The van der Waals surface area contributed by atoms with Crippen LogP contribution in [-0.4, -0.2) is 34.6 Å². The molecule has 7 nitrogen and oxygen atoms in total. The molecule has 7 heteroatoms. The zero-order chi connectivity index (χ0) is 24.5. The Morgan fingerprint density at radius 1 is 1.09 bits per heavy atom. The van der Waals surface area contributed by atoms with Crippen LogP contribution in [0.3, 0.4) is 0 Å². The zero-order valence-electron chi connectivity index (χ0n) is 20.9. The predicted molar refractivity (Wildman–Crippen MR) is 139 cm³/mol. The number of unbranched alkanes of at least 4 members (excludes halogenated alkanes) is 5. The summed E-state index contributed by atoms with van der Waals surface area (Å²) in [4.78, 5) is 18.7. The number of hydrogen-bond donors (Lipinski definition) is 4. The second-order valence-electron chi connectivity index (χ2n) is 9.47. The highest BCUT2D eigenvalue weighted by Crippen LogP contribution is 2.31. The Bertz CT molecular complexity index is 694. The molecule has 2 atom stereocenters. The van der Waals surface area contributed by atoms with Gasteiger partial charge < -0.3 is 26.9 Å². The van der Waals surface area contributed by atoms with Crippen LogP contribution in [0.4, 0.5) is 5.82 Å². The fourth-order valence-corrected chi connectivity index (χ4v) is 4.10. The van der Waals surface area contributed by atoms with Crippen LogP contribution < -0.4 is 11.5 Å². The summed E-state index contributed by atoms with van der Waals surface area (Å²) in [7, 11) is 0. The molecule has 0 radical (unpaired) electrons. The maximum atomic E-state index is 11.5. The van der Waals surface area contributed by atoms with Gasteiger partial charge in [0.2, 0.25) is 0 Å². The van der Waals surface area contributed by atoms with Gasteiger partial charge in [-0.15, -0.1) is 0 Å². The molecule has 1 rings (SSSR count). The van der Waals surface area contributed by atoms with E-state index < -0.39 is 5.97 Å². The molecular formula is C26H46N5O2-. The van der Waals surface area contributed by atoms with E-state index in [2.05, 4.69) is 30.7 Å². The second kappa shape index (κ2) is 17.1. The number of nitrogens with zero attached hydrogens (tertiary/aromatic N) is 2. The number of aliphatic carboxylic acids is 1. The van der Waals surface area contributed by atoms with E-state index in [0.717, 1.165) is 18.7 Å². The molecule has 0 saturated heterocycles. The van der Waals surface area contributed by atoms with Gasteiger partial charge in [-0.3, -0.25) is 0 Å². The number of aromatic amines is 1. The van der Waals surface area contributed by atoms with E-state index >= 15 is 0 Å². The highest BCUT2D eigenvalue weighted by molar-refractivity contribution is 5.81. The summed E-state index contributed by atoms with van der Waals surface area (Å²) in [5.74, 6) is 0.971.